The van der Waals surface area contributed by atoms with Crippen molar-refractivity contribution in [1.29, 1.82) is 0 Å². The second kappa shape index (κ2) is 6.45. The monoisotopic (exact) mass is 326 g/mol. The summed E-state index contributed by atoms with van der Waals surface area (Å²) in [5, 5.41) is 13.5. The number of carboxylic acid groups (broad SMARTS) is 1. The van der Waals surface area contributed by atoms with Crippen LogP contribution in [0.15, 0.2) is 28.8 Å². The summed E-state index contributed by atoms with van der Waals surface area (Å²) < 4.78 is 31.6. The summed E-state index contributed by atoms with van der Waals surface area (Å²) in [6.45, 7) is 3.66. The average Bonchev–Trinajstić information content (AvgIpc) is 2.80. The van der Waals surface area contributed by atoms with Gasteiger partial charge in [0.2, 0.25) is 10.0 Å². The molecule has 0 spiro atoms. The van der Waals surface area contributed by atoms with Crippen LogP contribution >= 0.6 is 0 Å². The van der Waals surface area contributed by atoms with Gasteiger partial charge in [-0.25, -0.2) is 13.1 Å². The molecule has 0 radical (unpaired) electrons. The van der Waals surface area contributed by atoms with Gasteiger partial charge < -0.3 is 9.63 Å². The lowest BCUT2D eigenvalue weighted by Crippen LogP contribution is -2.42. The largest absolute Gasteiger partial charge is 0.480 e. The maximum Gasteiger partial charge on any atom is 0.321 e. The number of carbonyl (C=O) groups is 1. The van der Waals surface area contributed by atoms with E-state index in [1.54, 1.807) is 24.3 Å². The molecule has 1 aromatic carbocycles. The van der Waals surface area contributed by atoms with E-state index in [2.05, 4.69) is 9.88 Å². The van der Waals surface area contributed by atoms with Crippen LogP contribution in [0.5, 0.6) is 0 Å². The second-order valence-electron chi connectivity index (χ2n) is 5.52. The predicted octanol–water partition coefficient (Wildman–Crippen LogP) is 1.75. The third-order valence-corrected chi connectivity index (χ3v) is 4.40. The number of hydrogen-bond donors (Lipinski definition) is 2. The first kappa shape index (κ1) is 16.4. The highest BCUT2D eigenvalue weighted by molar-refractivity contribution is 7.88. The van der Waals surface area contributed by atoms with Gasteiger partial charge in [-0.2, -0.15) is 0 Å². The van der Waals surface area contributed by atoms with Crippen molar-refractivity contribution >= 4 is 27.0 Å². The van der Waals surface area contributed by atoms with Crippen molar-refractivity contribution in [3.8, 4) is 0 Å². The average molecular weight is 326 g/mol. The minimum atomic E-state index is -3.84. The molecule has 120 valence electrons. The van der Waals surface area contributed by atoms with Crippen molar-refractivity contribution in [2.24, 2.45) is 5.92 Å². The van der Waals surface area contributed by atoms with E-state index in [1.807, 2.05) is 13.8 Å². The van der Waals surface area contributed by atoms with E-state index in [4.69, 9.17) is 9.63 Å². The molecule has 8 heteroatoms. The molecule has 7 nitrogen and oxygen atoms in total. The van der Waals surface area contributed by atoms with Gasteiger partial charge in [0.1, 0.15) is 17.5 Å². The number of sulfonamides is 1. The Morgan fingerprint density at radius 1 is 1.36 bits per heavy atom. The van der Waals surface area contributed by atoms with Crippen LogP contribution in [0.3, 0.4) is 0 Å². The van der Waals surface area contributed by atoms with Crippen LogP contribution in [0.1, 0.15) is 26.0 Å². The highest BCUT2D eigenvalue weighted by atomic mass is 32.2. The third kappa shape index (κ3) is 4.05. The summed E-state index contributed by atoms with van der Waals surface area (Å²) in [6.07, 6.45) is 0.216. The fourth-order valence-corrected chi connectivity index (χ4v) is 3.43. The Morgan fingerprint density at radius 3 is 2.68 bits per heavy atom. The zero-order valence-electron chi connectivity index (χ0n) is 12.3. The molecular formula is C14H18N2O5S. The summed E-state index contributed by atoms with van der Waals surface area (Å²) in [7, 11) is -3.84. The zero-order chi connectivity index (χ0) is 16.3. The number of benzene rings is 1. The number of nitrogens with zero attached hydrogens (tertiary/aromatic N) is 1. The van der Waals surface area contributed by atoms with Crippen LogP contribution in [0, 0.1) is 5.92 Å². The molecule has 1 heterocycles. The fourth-order valence-electron chi connectivity index (χ4n) is 2.15. The Balaban J connectivity index is 2.18. The Bertz CT molecular complexity index is 766. The number of nitrogens with one attached hydrogen (secondary N) is 1. The molecule has 1 aromatic heterocycles. The first-order valence-corrected chi connectivity index (χ1v) is 8.50. The van der Waals surface area contributed by atoms with Crippen molar-refractivity contribution in [1.82, 2.24) is 9.88 Å². The van der Waals surface area contributed by atoms with Gasteiger partial charge >= 0.3 is 5.97 Å². The van der Waals surface area contributed by atoms with Gasteiger partial charge in [0.25, 0.3) is 0 Å². The molecule has 0 bridgehead atoms. The van der Waals surface area contributed by atoms with Crippen molar-refractivity contribution in [2.75, 3.05) is 0 Å². The van der Waals surface area contributed by atoms with Crippen LogP contribution in [0.2, 0.25) is 0 Å². The number of aliphatic carboxylic acids is 1. The standard InChI is InChI=1S/C14H18N2O5S/c1-9(2)7-11(14(17)18)16-22(19,20)8-12-10-5-3-4-6-13(10)21-15-12/h3-6,9,11,16H,7-8H2,1-2H3,(H,17,18)/t11-/m0/s1. The lowest BCUT2D eigenvalue weighted by Gasteiger charge is -2.16. The van der Waals surface area contributed by atoms with Crippen molar-refractivity contribution in [2.45, 2.75) is 32.1 Å². The Labute approximate surface area is 128 Å². The van der Waals surface area contributed by atoms with Gasteiger partial charge in [0, 0.05) is 5.39 Å². The lowest BCUT2D eigenvalue weighted by atomic mass is 10.1. The second-order valence-corrected chi connectivity index (χ2v) is 7.28. The van der Waals surface area contributed by atoms with E-state index in [9.17, 15) is 13.2 Å². The number of fused-ring (bicyclic) bond motifs is 1. The number of hydrogen-bond acceptors (Lipinski definition) is 5. The van der Waals surface area contributed by atoms with Crippen LogP contribution in [0.4, 0.5) is 0 Å². The van der Waals surface area contributed by atoms with Crippen LogP contribution < -0.4 is 4.72 Å². The smallest absolute Gasteiger partial charge is 0.321 e. The summed E-state index contributed by atoms with van der Waals surface area (Å²) in [4.78, 5) is 11.2. The first-order chi connectivity index (χ1) is 10.3. The van der Waals surface area contributed by atoms with Crippen molar-refractivity contribution in [3.05, 3.63) is 30.0 Å². The van der Waals surface area contributed by atoms with E-state index in [1.165, 1.54) is 0 Å². The van der Waals surface area contributed by atoms with E-state index >= 15 is 0 Å². The molecule has 1 atom stereocenters. The van der Waals surface area contributed by atoms with Gasteiger partial charge in [-0.05, 0) is 24.5 Å². The number of aromatic nitrogens is 1. The number of rotatable bonds is 7. The first-order valence-electron chi connectivity index (χ1n) is 6.84. The molecule has 0 fully saturated rings. The van der Waals surface area contributed by atoms with Gasteiger partial charge in [0.15, 0.2) is 5.58 Å². The number of para-hydroxylation sites is 1. The van der Waals surface area contributed by atoms with Gasteiger partial charge in [-0.3, -0.25) is 4.79 Å². The zero-order valence-corrected chi connectivity index (χ0v) is 13.1. The minimum Gasteiger partial charge on any atom is -0.480 e. The molecule has 0 amide bonds. The predicted molar refractivity (Wildman–Crippen MR) is 80.6 cm³/mol. The topological polar surface area (TPSA) is 110 Å². The van der Waals surface area contributed by atoms with Crippen molar-refractivity contribution in [3.63, 3.8) is 0 Å². The van der Waals surface area contributed by atoms with E-state index in [-0.39, 0.29) is 18.0 Å². The van der Waals surface area contributed by atoms with Gasteiger partial charge in [0.05, 0.1) is 0 Å². The molecule has 0 unspecified atom stereocenters. The summed E-state index contributed by atoms with van der Waals surface area (Å²) >= 11 is 0. The molecule has 0 aliphatic rings. The van der Waals surface area contributed by atoms with E-state index < -0.39 is 27.8 Å². The molecule has 0 aliphatic carbocycles. The van der Waals surface area contributed by atoms with Crippen LogP contribution in [0.25, 0.3) is 11.0 Å². The summed E-state index contributed by atoms with van der Waals surface area (Å²) in [6, 6.07) is 5.75. The van der Waals surface area contributed by atoms with Crippen molar-refractivity contribution < 1.29 is 22.8 Å². The molecule has 0 saturated carbocycles. The minimum absolute atomic E-state index is 0.0525. The SMILES string of the molecule is CC(C)C[C@H](NS(=O)(=O)Cc1noc2ccccc12)C(=O)O. The molecule has 0 saturated heterocycles. The number of carboxylic acids is 1. The molecule has 2 rings (SSSR count). The molecular weight excluding hydrogens is 308 g/mol. The molecule has 0 aliphatic heterocycles. The lowest BCUT2D eigenvalue weighted by molar-refractivity contribution is -0.139. The highest BCUT2D eigenvalue weighted by Gasteiger charge is 2.26. The Kier molecular flexibility index (Phi) is 4.82. The van der Waals surface area contributed by atoms with Crippen LogP contribution in [-0.2, 0) is 20.6 Å². The summed E-state index contributed by atoms with van der Waals surface area (Å²) in [5.41, 5.74) is 0.751. The van der Waals surface area contributed by atoms with Gasteiger partial charge in [-0.1, -0.05) is 31.1 Å². The third-order valence-electron chi connectivity index (χ3n) is 3.11. The summed E-state index contributed by atoms with van der Waals surface area (Å²) in [5.74, 6) is -1.56. The maximum atomic E-state index is 12.2. The Hall–Kier alpha value is -1.93. The van der Waals surface area contributed by atoms with Gasteiger partial charge in [-0.15, -0.1) is 0 Å². The molecule has 2 N–H and O–H groups in total. The van der Waals surface area contributed by atoms with E-state index in [0.29, 0.717) is 11.0 Å². The molecule has 2 aromatic rings. The highest BCUT2D eigenvalue weighted by Crippen LogP contribution is 2.19. The maximum absolute atomic E-state index is 12.2. The normalized spacial score (nSPS) is 13.6. The molecule has 22 heavy (non-hydrogen) atoms. The van der Waals surface area contributed by atoms with Crippen LogP contribution in [-0.4, -0.2) is 30.7 Å². The van der Waals surface area contributed by atoms with E-state index in [0.717, 1.165) is 0 Å². The Morgan fingerprint density at radius 2 is 2.05 bits per heavy atom. The quantitative estimate of drug-likeness (QED) is 0.802. The fraction of sp³-hybridized carbons (Fsp3) is 0.429.